The van der Waals surface area contributed by atoms with Gasteiger partial charge >= 0.3 is 0 Å². The molecule has 0 unspecified atom stereocenters. The molecule has 0 saturated carbocycles. The summed E-state index contributed by atoms with van der Waals surface area (Å²) in [7, 11) is 0. The number of para-hydroxylation sites is 1. The van der Waals surface area contributed by atoms with E-state index in [2.05, 4.69) is 5.32 Å². The highest BCUT2D eigenvalue weighted by Crippen LogP contribution is 2.20. The SMILES string of the molecule is O=C(Nc1ccccc1)[C@H]1CC(=O)N(CCc2ccc(F)cc2)C1. The molecule has 2 amide bonds. The third-order valence-corrected chi connectivity index (χ3v) is 4.21. The van der Waals surface area contributed by atoms with E-state index in [0.717, 1.165) is 11.3 Å². The Labute approximate surface area is 140 Å². The number of nitrogens with zero attached hydrogens (tertiary/aromatic N) is 1. The predicted octanol–water partition coefficient (Wildman–Crippen LogP) is 2.86. The number of anilines is 1. The normalized spacial score (nSPS) is 17.1. The van der Waals surface area contributed by atoms with Gasteiger partial charge in [-0.2, -0.15) is 0 Å². The summed E-state index contributed by atoms with van der Waals surface area (Å²) >= 11 is 0. The standard InChI is InChI=1S/C19H19FN2O2/c20-16-8-6-14(7-9-16)10-11-22-13-15(12-18(22)23)19(24)21-17-4-2-1-3-5-17/h1-9,15H,10-13H2,(H,21,24)/t15-/m0/s1. The van der Waals surface area contributed by atoms with Crippen LogP contribution in [-0.4, -0.2) is 29.8 Å². The molecule has 2 aromatic carbocycles. The van der Waals surface area contributed by atoms with Gasteiger partial charge < -0.3 is 10.2 Å². The molecule has 0 bridgehead atoms. The zero-order valence-corrected chi connectivity index (χ0v) is 13.2. The Morgan fingerprint density at radius 1 is 1.12 bits per heavy atom. The van der Waals surface area contributed by atoms with Gasteiger partial charge in [0.05, 0.1) is 5.92 Å². The van der Waals surface area contributed by atoms with E-state index >= 15 is 0 Å². The van der Waals surface area contributed by atoms with Crippen molar-refractivity contribution < 1.29 is 14.0 Å². The molecule has 1 atom stereocenters. The second-order valence-corrected chi connectivity index (χ2v) is 5.97. The Bertz CT molecular complexity index is 716. The maximum atomic E-state index is 12.9. The molecule has 1 aliphatic rings. The van der Waals surface area contributed by atoms with Crippen LogP contribution < -0.4 is 5.32 Å². The molecule has 1 N–H and O–H groups in total. The zero-order chi connectivity index (χ0) is 16.9. The summed E-state index contributed by atoms with van der Waals surface area (Å²) < 4.78 is 12.9. The van der Waals surface area contributed by atoms with E-state index in [1.807, 2.05) is 30.3 Å². The Morgan fingerprint density at radius 3 is 2.54 bits per heavy atom. The topological polar surface area (TPSA) is 49.4 Å². The Kier molecular flexibility index (Phi) is 4.89. The lowest BCUT2D eigenvalue weighted by Crippen LogP contribution is -2.30. The fraction of sp³-hybridized carbons (Fsp3) is 0.263. The van der Waals surface area contributed by atoms with Crippen LogP contribution in [0.1, 0.15) is 12.0 Å². The summed E-state index contributed by atoms with van der Waals surface area (Å²) in [5.41, 5.74) is 1.71. The predicted molar refractivity (Wildman–Crippen MR) is 89.9 cm³/mol. The van der Waals surface area contributed by atoms with E-state index in [-0.39, 0.29) is 30.0 Å². The number of nitrogens with one attached hydrogen (secondary N) is 1. The van der Waals surface area contributed by atoms with Crippen LogP contribution in [0.25, 0.3) is 0 Å². The Morgan fingerprint density at radius 2 is 1.83 bits per heavy atom. The smallest absolute Gasteiger partial charge is 0.229 e. The molecule has 4 nitrogen and oxygen atoms in total. The van der Waals surface area contributed by atoms with Crippen molar-refractivity contribution >= 4 is 17.5 Å². The number of rotatable bonds is 5. The van der Waals surface area contributed by atoms with Gasteiger partial charge in [0.2, 0.25) is 11.8 Å². The van der Waals surface area contributed by atoms with Crippen molar-refractivity contribution in [2.24, 2.45) is 5.92 Å². The van der Waals surface area contributed by atoms with Crippen molar-refractivity contribution in [2.75, 3.05) is 18.4 Å². The van der Waals surface area contributed by atoms with Crippen LogP contribution in [0.3, 0.4) is 0 Å². The molecule has 1 saturated heterocycles. The molecule has 124 valence electrons. The number of hydrogen-bond acceptors (Lipinski definition) is 2. The van der Waals surface area contributed by atoms with E-state index in [1.54, 1.807) is 17.0 Å². The van der Waals surface area contributed by atoms with Crippen molar-refractivity contribution in [3.63, 3.8) is 0 Å². The van der Waals surface area contributed by atoms with E-state index in [1.165, 1.54) is 12.1 Å². The van der Waals surface area contributed by atoms with Crippen LogP contribution in [0.5, 0.6) is 0 Å². The minimum absolute atomic E-state index is 0.00896. The lowest BCUT2D eigenvalue weighted by molar-refractivity contribution is -0.128. The van der Waals surface area contributed by atoms with Crippen molar-refractivity contribution in [3.8, 4) is 0 Å². The van der Waals surface area contributed by atoms with Gasteiger partial charge in [0, 0.05) is 25.2 Å². The van der Waals surface area contributed by atoms with Gasteiger partial charge in [0.25, 0.3) is 0 Å². The van der Waals surface area contributed by atoms with Crippen molar-refractivity contribution in [3.05, 3.63) is 66.0 Å². The Balaban J connectivity index is 1.53. The molecular formula is C19H19FN2O2. The second-order valence-electron chi connectivity index (χ2n) is 5.97. The fourth-order valence-corrected chi connectivity index (χ4v) is 2.84. The molecular weight excluding hydrogens is 307 g/mol. The average molecular weight is 326 g/mol. The monoisotopic (exact) mass is 326 g/mol. The van der Waals surface area contributed by atoms with Gasteiger partial charge in [-0.25, -0.2) is 4.39 Å². The van der Waals surface area contributed by atoms with E-state index in [0.29, 0.717) is 19.5 Å². The highest BCUT2D eigenvalue weighted by atomic mass is 19.1. The summed E-state index contributed by atoms with van der Waals surface area (Å²) in [6, 6.07) is 15.5. The number of hydrogen-bond donors (Lipinski definition) is 1. The maximum Gasteiger partial charge on any atom is 0.229 e. The zero-order valence-electron chi connectivity index (χ0n) is 13.2. The first-order chi connectivity index (χ1) is 11.6. The van der Waals surface area contributed by atoms with Crippen LogP contribution in [-0.2, 0) is 16.0 Å². The maximum absolute atomic E-state index is 12.9. The third kappa shape index (κ3) is 3.98. The lowest BCUT2D eigenvalue weighted by atomic mass is 10.1. The van der Waals surface area contributed by atoms with Crippen LogP contribution >= 0.6 is 0 Å². The van der Waals surface area contributed by atoms with Gasteiger partial charge in [-0.1, -0.05) is 30.3 Å². The van der Waals surface area contributed by atoms with E-state index < -0.39 is 0 Å². The van der Waals surface area contributed by atoms with Gasteiger partial charge in [-0.3, -0.25) is 9.59 Å². The molecule has 0 spiro atoms. The highest BCUT2D eigenvalue weighted by Gasteiger charge is 2.33. The largest absolute Gasteiger partial charge is 0.342 e. The molecule has 0 radical (unpaired) electrons. The van der Waals surface area contributed by atoms with Gasteiger partial charge in [-0.15, -0.1) is 0 Å². The van der Waals surface area contributed by atoms with Crippen LogP contribution in [0, 0.1) is 11.7 Å². The van der Waals surface area contributed by atoms with Crippen LogP contribution in [0.15, 0.2) is 54.6 Å². The molecule has 0 aliphatic carbocycles. The molecule has 3 rings (SSSR count). The lowest BCUT2D eigenvalue weighted by Gasteiger charge is -2.16. The second kappa shape index (κ2) is 7.25. The number of carbonyl (C=O) groups is 2. The summed E-state index contributed by atoms with van der Waals surface area (Å²) in [6.45, 7) is 0.971. The number of carbonyl (C=O) groups excluding carboxylic acids is 2. The van der Waals surface area contributed by atoms with E-state index in [4.69, 9.17) is 0 Å². The first-order valence-corrected chi connectivity index (χ1v) is 8.00. The Hall–Kier alpha value is -2.69. The van der Waals surface area contributed by atoms with Crippen molar-refractivity contribution in [2.45, 2.75) is 12.8 Å². The minimum atomic E-state index is -0.328. The summed E-state index contributed by atoms with van der Waals surface area (Å²) in [4.78, 5) is 26.1. The quantitative estimate of drug-likeness (QED) is 0.918. The molecule has 0 aromatic heterocycles. The van der Waals surface area contributed by atoms with Crippen molar-refractivity contribution in [1.82, 2.24) is 4.90 Å². The minimum Gasteiger partial charge on any atom is -0.342 e. The van der Waals surface area contributed by atoms with Crippen LogP contribution in [0.4, 0.5) is 10.1 Å². The van der Waals surface area contributed by atoms with Gasteiger partial charge in [-0.05, 0) is 36.2 Å². The fourth-order valence-electron chi connectivity index (χ4n) is 2.84. The van der Waals surface area contributed by atoms with Crippen molar-refractivity contribution in [1.29, 1.82) is 0 Å². The van der Waals surface area contributed by atoms with Gasteiger partial charge in [0.1, 0.15) is 5.82 Å². The summed E-state index contributed by atoms with van der Waals surface area (Å²) in [6.07, 6.45) is 0.890. The number of halogens is 1. The van der Waals surface area contributed by atoms with Gasteiger partial charge in [0.15, 0.2) is 0 Å². The number of benzene rings is 2. The molecule has 24 heavy (non-hydrogen) atoms. The third-order valence-electron chi connectivity index (χ3n) is 4.21. The first kappa shape index (κ1) is 16.2. The van der Waals surface area contributed by atoms with E-state index in [9.17, 15) is 14.0 Å². The average Bonchev–Trinajstić information content (AvgIpc) is 2.96. The number of amides is 2. The molecule has 1 fully saturated rings. The summed E-state index contributed by atoms with van der Waals surface area (Å²) in [5.74, 6) is -0.733. The molecule has 1 aliphatic heterocycles. The molecule has 2 aromatic rings. The molecule has 1 heterocycles. The molecule has 5 heteroatoms. The highest BCUT2D eigenvalue weighted by molar-refractivity contribution is 5.97. The van der Waals surface area contributed by atoms with Crippen LogP contribution in [0.2, 0.25) is 0 Å². The first-order valence-electron chi connectivity index (χ1n) is 8.00. The summed E-state index contributed by atoms with van der Waals surface area (Å²) in [5, 5.41) is 2.85. The number of likely N-dealkylation sites (tertiary alicyclic amines) is 1.